The standard InChI is InChI=1S/C19H25N5O/c1-2-12-20-19(25)15-10-13-24(14-11-15)18-9-8-17(22-23-18)21-16-6-4-3-5-7-16/h3-9,15H,2,10-14H2,1H3,(H,20,25)(H,21,22). The lowest BCUT2D eigenvalue weighted by molar-refractivity contribution is -0.125. The molecule has 1 aromatic heterocycles. The predicted octanol–water partition coefficient (Wildman–Crippen LogP) is 2.96. The summed E-state index contributed by atoms with van der Waals surface area (Å²) < 4.78 is 0. The summed E-state index contributed by atoms with van der Waals surface area (Å²) in [6.07, 6.45) is 2.70. The van der Waals surface area contributed by atoms with E-state index >= 15 is 0 Å². The minimum absolute atomic E-state index is 0.120. The number of carbonyl (C=O) groups excluding carboxylic acids is 1. The highest BCUT2D eigenvalue weighted by molar-refractivity contribution is 5.78. The van der Waals surface area contributed by atoms with Crippen LogP contribution in [0.1, 0.15) is 26.2 Å². The van der Waals surface area contributed by atoms with Gasteiger partial charge in [-0.25, -0.2) is 0 Å². The Morgan fingerprint density at radius 2 is 1.88 bits per heavy atom. The highest BCUT2D eigenvalue weighted by atomic mass is 16.1. The van der Waals surface area contributed by atoms with Gasteiger partial charge in [0.1, 0.15) is 0 Å². The molecule has 0 unspecified atom stereocenters. The van der Waals surface area contributed by atoms with Gasteiger partial charge >= 0.3 is 0 Å². The van der Waals surface area contributed by atoms with Crippen LogP contribution in [0.3, 0.4) is 0 Å². The number of hydrogen-bond acceptors (Lipinski definition) is 5. The van der Waals surface area contributed by atoms with Gasteiger partial charge in [0.05, 0.1) is 0 Å². The van der Waals surface area contributed by atoms with Gasteiger partial charge in [-0.1, -0.05) is 25.1 Å². The van der Waals surface area contributed by atoms with Gasteiger partial charge in [0.2, 0.25) is 5.91 Å². The molecule has 132 valence electrons. The number of carbonyl (C=O) groups is 1. The van der Waals surface area contributed by atoms with Crippen molar-refractivity contribution >= 4 is 23.2 Å². The van der Waals surface area contributed by atoms with Crippen LogP contribution >= 0.6 is 0 Å². The lowest BCUT2D eigenvalue weighted by Gasteiger charge is -2.31. The second-order valence-corrected chi connectivity index (χ2v) is 6.32. The van der Waals surface area contributed by atoms with Crippen molar-refractivity contribution in [2.75, 3.05) is 29.9 Å². The molecule has 0 spiro atoms. The number of anilines is 3. The molecule has 1 aromatic carbocycles. The summed E-state index contributed by atoms with van der Waals surface area (Å²) in [5, 5.41) is 14.8. The molecule has 0 radical (unpaired) electrons. The molecule has 0 atom stereocenters. The van der Waals surface area contributed by atoms with E-state index in [9.17, 15) is 4.79 Å². The average molecular weight is 339 g/mol. The Kier molecular flexibility index (Phi) is 5.82. The van der Waals surface area contributed by atoms with E-state index in [1.54, 1.807) is 0 Å². The third-order valence-corrected chi connectivity index (χ3v) is 4.44. The van der Waals surface area contributed by atoms with E-state index in [0.29, 0.717) is 0 Å². The lowest BCUT2D eigenvalue weighted by atomic mass is 9.96. The molecule has 2 aromatic rings. The summed E-state index contributed by atoms with van der Waals surface area (Å²) in [6, 6.07) is 13.8. The van der Waals surface area contributed by atoms with Crippen LogP contribution in [0.4, 0.5) is 17.3 Å². The molecule has 2 N–H and O–H groups in total. The summed E-state index contributed by atoms with van der Waals surface area (Å²) in [5.74, 6) is 1.90. The summed E-state index contributed by atoms with van der Waals surface area (Å²) in [5.41, 5.74) is 0.989. The highest BCUT2D eigenvalue weighted by Gasteiger charge is 2.25. The van der Waals surface area contributed by atoms with Crippen molar-refractivity contribution < 1.29 is 4.79 Å². The summed E-state index contributed by atoms with van der Waals surface area (Å²) in [6.45, 7) is 4.51. The van der Waals surface area contributed by atoms with Crippen LogP contribution in [0.2, 0.25) is 0 Å². The van der Waals surface area contributed by atoms with Gasteiger partial charge in [0, 0.05) is 31.2 Å². The molecule has 6 heteroatoms. The normalized spacial score (nSPS) is 15.0. The largest absolute Gasteiger partial charge is 0.356 e. The summed E-state index contributed by atoms with van der Waals surface area (Å²) in [7, 11) is 0. The molecule has 2 heterocycles. The molecule has 1 saturated heterocycles. The Balaban J connectivity index is 1.52. The summed E-state index contributed by atoms with van der Waals surface area (Å²) in [4.78, 5) is 14.2. The number of benzene rings is 1. The van der Waals surface area contributed by atoms with Crippen LogP contribution in [0.15, 0.2) is 42.5 Å². The number of para-hydroxylation sites is 1. The Morgan fingerprint density at radius 3 is 2.52 bits per heavy atom. The molecule has 1 aliphatic heterocycles. The quantitative estimate of drug-likeness (QED) is 0.847. The first-order chi connectivity index (χ1) is 12.3. The van der Waals surface area contributed by atoms with Gasteiger partial charge in [-0.2, -0.15) is 0 Å². The van der Waals surface area contributed by atoms with E-state index in [4.69, 9.17) is 0 Å². The Bertz CT molecular complexity index is 666. The van der Waals surface area contributed by atoms with Gasteiger partial charge in [0.25, 0.3) is 0 Å². The van der Waals surface area contributed by atoms with Crippen LogP contribution in [0.5, 0.6) is 0 Å². The molecule has 1 amide bonds. The SMILES string of the molecule is CCCNC(=O)C1CCN(c2ccc(Nc3ccccc3)nn2)CC1. The van der Waals surface area contributed by atoms with E-state index in [-0.39, 0.29) is 11.8 Å². The first-order valence-corrected chi connectivity index (χ1v) is 8.94. The van der Waals surface area contributed by atoms with Gasteiger partial charge in [-0.15, -0.1) is 10.2 Å². The van der Waals surface area contributed by atoms with Gasteiger partial charge in [-0.3, -0.25) is 4.79 Å². The number of aromatic nitrogens is 2. The first-order valence-electron chi connectivity index (χ1n) is 8.94. The minimum Gasteiger partial charge on any atom is -0.356 e. The monoisotopic (exact) mass is 339 g/mol. The van der Waals surface area contributed by atoms with Gasteiger partial charge in [-0.05, 0) is 43.5 Å². The fraction of sp³-hybridized carbons (Fsp3) is 0.421. The molecular weight excluding hydrogens is 314 g/mol. The Hall–Kier alpha value is -2.63. The van der Waals surface area contributed by atoms with Crippen LogP contribution in [-0.2, 0) is 4.79 Å². The predicted molar refractivity (Wildman–Crippen MR) is 100.0 cm³/mol. The molecular formula is C19H25N5O. The fourth-order valence-electron chi connectivity index (χ4n) is 2.99. The van der Waals surface area contributed by atoms with Crippen molar-refractivity contribution in [3.63, 3.8) is 0 Å². The summed E-state index contributed by atoms with van der Waals surface area (Å²) >= 11 is 0. The third kappa shape index (κ3) is 4.68. The maximum atomic E-state index is 12.1. The van der Waals surface area contributed by atoms with E-state index in [2.05, 4.69) is 32.7 Å². The van der Waals surface area contributed by atoms with Crippen molar-refractivity contribution in [1.82, 2.24) is 15.5 Å². The lowest BCUT2D eigenvalue weighted by Crippen LogP contribution is -2.41. The van der Waals surface area contributed by atoms with Gasteiger partial charge < -0.3 is 15.5 Å². The maximum absolute atomic E-state index is 12.1. The second-order valence-electron chi connectivity index (χ2n) is 6.32. The van der Waals surface area contributed by atoms with Crippen molar-refractivity contribution in [3.8, 4) is 0 Å². The van der Waals surface area contributed by atoms with Crippen LogP contribution in [-0.4, -0.2) is 35.7 Å². The zero-order chi connectivity index (χ0) is 17.5. The molecule has 25 heavy (non-hydrogen) atoms. The third-order valence-electron chi connectivity index (χ3n) is 4.44. The van der Waals surface area contributed by atoms with E-state index in [1.807, 2.05) is 42.5 Å². The number of amides is 1. The Labute approximate surface area is 148 Å². The van der Waals surface area contributed by atoms with E-state index in [1.165, 1.54) is 0 Å². The van der Waals surface area contributed by atoms with Crippen molar-refractivity contribution in [2.24, 2.45) is 5.92 Å². The highest BCUT2D eigenvalue weighted by Crippen LogP contribution is 2.22. The van der Waals surface area contributed by atoms with Gasteiger partial charge in [0.15, 0.2) is 11.6 Å². The van der Waals surface area contributed by atoms with Crippen LogP contribution < -0.4 is 15.5 Å². The number of nitrogens with zero attached hydrogens (tertiary/aromatic N) is 3. The molecule has 0 bridgehead atoms. The Morgan fingerprint density at radius 1 is 1.12 bits per heavy atom. The van der Waals surface area contributed by atoms with Crippen molar-refractivity contribution in [1.29, 1.82) is 0 Å². The number of rotatable bonds is 6. The van der Waals surface area contributed by atoms with Crippen LogP contribution in [0.25, 0.3) is 0 Å². The maximum Gasteiger partial charge on any atom is 0.223 e. The molecule has 3 rings (SSSR count). The molecule has 1 fully saturated rings. The number of nitrogens with one attached hydrogen (secondary N) is 2. The van der Waals surface area contributed by atoms with Crippen molar-refractivity contribution in [2.45, 2.75) is 26.2 Å². The van der Waals surface area contributed by atoms with E-state index in [0.717, 1.165) is 56.2 Å². The topological polar surface area (TPSA) is 70.2 Å². The second kappa shape index (κ2) is 8.46. The molecule has 0 aliphatic carbocycles. The zero-order valence-electron chi connectivity index (χ0n) is 14.6. The van der Waals surface area contributed by atoms with E-state index < -0.39 is 0 Å². The molecule has 1 aliphatic rings. The molecule has 0 saturated carbocycles. The number of hydrogen-bond donors (Lipinski definition) is 2. The van der Waals surface area contributed by atoms with Crippen molar-refractivity contribution in [3.05, 3.63) is 42.5 Å². The molecule has 6 nitrogen and oxygen atoms in total. The number of piperidine rings is 1. The van der Waals surface area contributed by atoms with Crippen LogP contribution in [0, 0.1) is 5.92 Å². The zero-order valence-corrected chi connectivity index (χ0v) is 14.6. The first kappa shape index (κ1) is 17.2. The minimum atomic E-state index is 0.120. The average Bonchev–Trinajstić information content (AvgIpc) is 2.68. The fourth-order valence-corrected chi connectivity index (χ4v) is 2.99. The smallest absolute Gasteiger partial charge is 0.223 e.